The first-order chi connectivity index (χ1) is 15.2. The van der Waals surface area contributed by atoms with Gasteiger partial charge < -0.3 is 10.1 Å². The van der Waals surface area contributed by atoms with Crippen LogP contribution in [0, 0.1) is 11.3 Å². The molecule has 4 rings (SSSR count). The van der Waals surface area contributed by atoms with E-state index in [1.165, 1.54) is 11.8 Å². The lowest BCUT2D eigenvalue weighted by Gasteiger charge is -2.11. The van der Waals surface area contributed by atoms with Crippen LogP contribution in [-0.2, 0) is 4.79 Å². The Labute approximate surface area is 184 Å². The van der Waals surface area contributed by atoms with Crippen LogP contribution in [0.2, 0.25) is 0 Å². The summed E-state index contributed by atoms with van der Waals surface area (Å²) in [7, 11) is 1.63. The molecule has 0 spiro atoms. The van der Waals surface area contributed by atoms with Crippen LogP contribution in [0.1, 0.15) is 5.56 Å². The molecule has 0 bridgehead atoms. The van der Waals surface area contributed by atoms with Crippen LogP contribution >= 0.6 is 11.8 Å². The highest BCUT2D eigenvalue weighted by Crippen LogP contribution is 2.33. The summed E-state index contributed by atoms with van der Waals surface area (Å²) in [5.74, 6) is 0.819. The summed E-state index contributed by atoms with van der Waals surface area (Å²) in [6, 6.07) is 26.8. The summed E-state index contributed by atoms with van der Waals surface area (Å²) >= 11 is 1.38. The normalized spacial score (nSPS) is 10.5. The van der Waals surface area contributed by atoms with Crippen LogP contribution in [0.5, 0.6) is 5.75 Å². The highest BCUT2D eigenvalue weighted by Gasteiger charge is 2.11. The Morgan fingerprint density at radius 1 is 1.06 bits per heavy atom. The minimum atomic E-state index is -0.136. The van der Waals surface area contributed by atoms with Gasteiger partial charge >= 0.3 is 0 Å². The number of thioether (sulfide) groups is 1. The Morgan fingerprint density at radius 3 is 2.55 bits per heavy atom. The van der Waals surface area contributed by atoms with Crippen molar-refractivity contribution >= 4 is 34.3 Å². The number of ether oxygens (including phenoxy) is 1. The number of nitriles is 1. The predicted molar refractivity (Wildman–Crippen MR) is 124 cm³/mol. The van der Waals surface area contributed by atoms with Gasteiger partial charge in [-0.2, -0.15) is 5.26 Å². The summed E-state index contributed by atoms with van der Waals surface area (Å²) in [6.45, 7) is 0. The fourth-order valence-corrected chi connectivity index (χ4v) is 3.92. The first kappa shape index (κ1) is 20.5. The van der Waals surface area contributed by atoms with E-state index in [2.05, 4.69) is 23.5 Å². The summed E-state index contributed by atoms with van der Waals surface area (Å²) < 4.78 is 5.36. The van der Waals surface area contributed by atoms with Gasteiger partial charge in [-0.3, -0.25) is 4.79 Å². The molecule has 0 saturated heterocycles. The van der Waals surface area contributed by atoms with Gasteiger partial charge in [0, 0.05) is 17.1 Å². The number of nitrogens with one attached hydrogen (secondary N) is 1. The van der Waals surface area contributed by atoms with Crippen molar-refractivity contribution in [2.45, 2.75) is 5.03 Å². The van der Waals surface area contributed by atoms with Gasteiger partial charge in [0.2, 0.25) is 5.91 Å². The molecule has 0 atom stereocenters. The van der Waals surface area contributed by atoms with Crippen molar-refractivity contribution in [3.8, 4) is 22.9 Å². The number of methoxy groups -OCH3 is 1. The van der Waals surface area contributed by atoms with E-state index in [9.17, 15) is 4.79 Å². The third kappa shape index (κ3) is 4.85. The third-order valence-electron chi connectivity index (χ3n) is 4.73. The van der Waals surface area contributed by atoms with Gasteiger partial charge in [-0.15, -0.1) is 0 Å². The number of amides is 1. The minimum absolute atomic E-state index is 0.136. The lowest BCUT2D eigenvalue weighted by Crippen LogP contribution is -2.14. The Hall–Kier alpha value is -3.82. The number of carbonyl (C=O) groups is 1. The third-order valence-corrected chi connectivity index (χ3v) is 5.64. The largest absolute Gasteiger partial charge is 0.497 e. The lowest BCUT2D eigenvalue weighted by atomic mass is 10.0. The van der Waals surface area contributed by atoms with Gasteiger partial charge in [-0.25, -0.2) is 4.98 Å². The molecular weight excluding hydrogens is 406 g/mol. The standard InChI is InChI=1S/C25H19N3O2S/c1-30-20-11-12-21-22(18-5-3-2-4-6-18)14-25(28-23(21)13-20)31-16-24(29)27-19-9-7-17(15-26)8-10-19/h2-14H,16H2,1H3,(H,27,29). The smallest absolute Gasteiger partial charge is 0.234 e. The molecule has 1 N–H and O–H groups in total. The average molecular weight is 426 g/mol. The molecule has 4 aromatic rings. The first-order valence-electron chi connectivity index (χ1n) is 9.63. The van der Waals surface area contributed by atoms with Crippen LogP contribution in [0.25, 0.3) is 22.0 Å². The Kier molecular flexibility index (Phi) is 6.16. The molecule has 152 valence electrons. The summed E-state index contributed by atoms with van der Waals surface area (Å²) in [5, 5.41) is 13.5. The zero-order valence-electron chi connectivity index (χ0n) is 16.8. The molecule has 1 amide bonds. The van der Waals surface area contributed by atoms with E-state index in [1.807, 2.05) is 42.5 Å². The lowest BCUT2D eigenvalue weighted by molar-refractivity contribution is -0.113. The molecule has 31 heavy (non-hydrogen) atoms. The molecule has 3 aromatic carbocycles. The zero-order valence-corrected chi connectivity index (χ0v) is 17.6. The average Bonchev–Trinajstić information content (AvgIpc) is 2.82. The highest BCUT2D eigenvalue weighted by molar-refractivity contribution is 7.99. The molecule has 0 saturated carbocycles. The molecule has 0 aliphatic carbocycles. The van der Waals surface area contributed by atoms with Gasteiger partial charge in [0.1, 0.15) is 5.75 Å². The number of carbonyl (C=O) groups excluding carboxylic acids is 1. The van der Waals surface area contributed by atoms with Crippen LogP contribution in [0.3, 0.4) is 0 Å². The van der Waals surface area contributed by atoms with Gasteiger partial charge in [-0.1, -0.05) is 42.1 Å². The number of fused-ring (bicyclic) bond motifs is 1. The second kappa shape index (κ2) is 9.33. The summed E-state index contributed by atoms with van der Waals surface area (Å²) in [6.07, 6.45) is 0. The van der Waals surface area contributed by atoms with E-state index in [1.54, 1.807) is 31.4 Å². The fourth-order valence-electron chi connectivity index (χ4n) is 3.21. The monoisotopic (exact) mass is 425 g/mol. The number of pyridine rings is 1. The second-order valence-corrected chi connectivity index (χ2v) is 7.78. The molecule has 1 heterocycles. The SMILES string of the molecule is COc1ccc2c(-c3ccccc3)cc(SCC(=O)Nc3ccc(C#N)cc3)nc2c1. The zero-order chi connectivity index (χ0) is 21.6. The Morgan fingerprint density at radius 2 is 1.84 bits per heavy atom. The molecule has 0 fully saturated rings. The van der Waals surface area contributed by atoms with Gasteiger partial charge in [-0.05, 0) is 53.6 Å². The number of rotatable bonds is 6. The van der Waals surface area contributed by atoms with Gasteiger partial charge in [0.25, 0.3) is 0 Å². The van der Waals surface area contributed by atoms with Crippen LogP contribution in [0.15, 0.2) is 83.9 Å². The predicted octanol–water partition coefficient (Wildman–Crippen LogP) is 5.51. The van der Waals surface area contributed by atoms with Crippen LogP contribution in [0.4, 0.5) is 5.69 Å². The Balaban J connectivity index is 1.58. The number of hydrogen-bond acceptors (Lipinski definition) is 5. The molecule has 0 aliphatic heterocycles. The van der Waals surface area contributed by atoms with Gasteiger partial charge in [0.15, 0.2) is 0 Å². The molecule has 1 aromatic heterocycles. The topological polar surface area (TPSA) is 75.0 Å². The number of nitrogens with zero attached hydrogens (tertiary/aromatic N) is 2. The van der Waals surface area contributed by atoms with E-state index in [4.69, 9.17) is 15.0 Å². The number of aromatic nitrogens is 1. The van der Waals surface area contributed by atoms with Gasteiger partial charge in [0.05, 0.1) is 35.0 Å². The van der Waals surface area contributed by atoms with E-state index < -0.39 is 0 Å². The quantitative estimate of drug-likeness (QED) is 0.412. The number of anilines is 1. The molecular formula is C25H19N3O2S. The maximum absolute atomic E-state index is 12.4. The number of benzene rings is 3. The first-order valence-corrected chi connectivity index (χ1v) is 10.6. The minimum Gasteiger partial charge on any atom is -0.497 e. The van der Waals surface area contributed by atoms with Crippen LogP contribution in [-0.4, -0.2) is 23.8 Å². The van der Waals surface area contributed by atoms with E-state index >= 15 is 0 Å². The highest BCUT2D eigenvalue weighted by atomic mass is 32.2. The summed E-state index contributed by atoms with van der Waals surface area (Å²) in [5.41, 5.74) is 4.17. The number of hydrogen-bond donors (Lipinski definition) is 1. The van der Waals surface area contributed by atoms with E-state index in [-0.39, 0.29) is 11.7 Å². The van der Waals surface area contributed by atoms with Crippen molar-refractivity contribution in [2.75, 3.05) is 18.2 Å². The van der Waals surface area contributed by atoms with E-state index in [0.717, 1.165) is 32.8 Å². The van der Waals surface area contributed by atoms with Crippen molar-refractivity contribution in [3.05, 3.63) is 84.4 Å². The van der Waals surface area contributed by atoms with E-state index in [0.29, 0.717) is 11.3 Å². The second-order valence-electron chi connectivity index (χ2n) is 6.78. The molecule has 0 aliphatic rings. The Bertz CT molecular complexity index is 1270. The van der Waals surface area contributed by atoms with Crippen molar-refractivity contribution in [2.24, 2.45) is 0 Å². The fraction of sp³-hybridized carbons (Fsp3) is 0.0800. The molecule has 0 radical (unpaired) electrons. The van der Waals surface area contributed by atoms with Crippen molar-refractivity contribution < 1.29 is 9.53 Å². The summed E-state index contributed by atoms with van der Waals surface area (Å²) in [4.78, 5) is 17.2. The maximum atomic E-state index is 12.4. The van der Waals surface area contributed by atoms with Crippen molar-refractivity contribution in [1.29, 1.82) is 5.26 Å². The van der Waals surface area contributed by atoms with Crippen molar-refractivity contribution in [3.63, 3.8) is 0 Å². The molecule has 5 nitrogen and oxygen atoms in total. The maximum Gasteiger partial charge on any atom is 0.234 e. The van der Waals surface area contributed by atoms with Crippen molar-refractivity contribution in [1.82, 2.24) is 4.98 Å². The van der Waals surface area contributed by atoms with Crippen LogP contribution < -0.4 is 10.1 Å². The molecule has 0 unspecified atom stereocenters. The molecule has 6 heteroatoms.